The Hall–Kier alpha value is -1.70. The smallest absolute Gasteiger partial charge is 0.243 e. The fourth-order valence-corrected chi connectivity index (χ4v) is 1.73. The number of rotatable bonds is 16. The quantitative estimate of drug-likeness (QED) is 0.321. The lowest BCUT2D eigenvalue weighted by Crippen LogP contribution is -2.23. The summed E-state index contributed by atoms with van der Waals surface area (Å²) in [5, 5.41) is 5.51. The maximum absolute atomic E-state index is 11.1. The first-order chi connectivity index (χ1) is 12.2. The summed E-state index contributed by atoms with van der Waals surface area (Å²) in [5.41, 5.74) is 0. The molecule has 25 heavy (non-hydrogen) atoms. The van der Waals surface area contributed by atoms with E-state index in [-0.39, 0.29) is 11.8 Å². The molecule has 0 aromatic carbocycles. The minimum Gasteiger partial charge on any atom is -0.379 e. The van der Waals surface area contributed by atoms with Gasteiger partial charge in [0.25, 0.3) is 0 Å². The third kappa shape index (κ3) is 18.5. The second kappa shape index (κ2) is 18.6. The van der Waals surface area contributed by atoms with Crippen molar-refractivity contribution in [2.24, 2.45) is 0 Å². The van der Waals surface area contributed by atoms with Gasteiger partial charge in [-0.2, -0.15) is 0 Å². The third-order valence-electron chi connectivity index (χ3n) is 2.91. The number of amides is 2. The van der Waals surface area contributed by atoms with Gasteiger partial charge in [-0.3, -0.25) is 9.59 Å². The van der Waals surface area contributed by atoms with Gasteiger partial charge in [-0.1, -0.05) is 12.2 Å². The Morgan fingerprint density at radius 1 is 0.680 bits per heavy atom. The highest BCUT2D eigenvalue weighted by Crippen LogP contribution is 1.86. The zero-order chi connectivity index (χ0) is 18.6. The monoisotopic (exact) mass is 356 g/mol. The van der Waals surface area contributed by atoms with Crippen molar-refractivity contribution < 1.29 is 23.8 Å². The van der Waals surface area contributed by atoms with Gasteiger partial charge in [0.05, 0.1) is 26.4 Å². The molecule has 0 aromatic heterocycles. The van der Waals surface area contributed by atoms with Gasteiger partial charge in [-0.05, 0) is 38.8 Å². The zero-order valence-corrected chi connectivity index (χ0v) is 15.4. The van der Waals surface area contributed by atoms with Crippen molar-refractivity contribution in [2.45, 2.75) is 26.7 Å². The lowest BCUT2D eigenvalue weighted by Gasteiger charge is -2.07. The molecule has 0 saturated heterocycles. The summed E-state index contributed by atoms with van der Waals surface area (Å²) in [4.78, 5) is 22.3. The van der Waals surface area contributed by atoms with E-state index in [1.54, 1.807) is 26.0 Å². The molecule has 2 N–H and O–H groups in total. The number of ether oxygens (including phenoxy) is 3. The molecule has 0 radical (unpaired) electrons. The van der Waals surface area contributed by atoms with E-state index in [1.165, 1.54) is 12.2 Å². The molecule has 0 heterocycles. The van der Waals surface area contributed by atoms with Crippen molar-refractivity contribution >= 4 is 11.8 Å². The summed E-state index contributed by atoms with van der Waals surface area (Å²) < 4.78 is 16.2. The molecule has 0 aliphatic rings. The van der Waals surface area contributed by atoms with Gasteiger partial charge in [0.1, 0.15) is 0 Å². The van der Waals surface area contributed by atoms with Crippen LogP contribution in [0.15, 0.2) is 24.3 Å². The average Bonchev–Trinajstić information content (AvgIpc) is 2.58. The minimum absolute atomic E-state index is 0.0778. The van der Waals surface area contributed by atoms with Gasteiger partial charge in [-0.15, -0.1) is 0 Å². The normalized spacial score (nSPS) is 11.3. The van der Waals surface area contributed by atoms with E-state index < -0.39 is 0 Å². The van der Waals surface area contributed by atoms with Crippen LogP contribution >= 0.6 is 0 Å². The van der Waals surface area contributed by atoms with Crippen molar-refractivity contribution in [1.82, 2.24) is 10.6 Å². The van der Waals surface area contributed by atoms with Gasteiger partial charge in [-0.25, -0.2) is 0 Å². The Balaban J connectivity index is 3.14. The van der Waals surface area contributed by atoms with E-state index in [0.29, 0.717) is 52.7 Å². The van der Waals surface area contributed by atoms with E-state index in [2.05, 4.69) is 10.6 Å². The number of hydrogen-bond acceptors (Lipinski definition) is 5. The molecule has 0 saturated carbocycles. The fourth-order valence-electron chi connectivity index (χ4n) is 1.73. The fraction of sp³-hybridized carbons (Fsp3) is 0.667. The Kier molecular flexibility index (Phi) is 17.4. The van der Waals surface area contributed by atoms with Crippen molar-refractivity contribution in [2.75, 3.05) is 52.7 Å². The van der Waals surface area contributed by atoms with Crippen LogP contribution in [-0.4, -0.2) is 64.5 Å². The van der Waals surface area contributed by atoms with Crippen LogP contribution in [0, 0.1) is 0 Å². The van der Waals surface area contributed by atoms with Crippen molar-refractivity contribution in [3.05, 3.63) is 24.3 Å². The molecule has 7 nitrogen and oxygen atoms in total. The molecule has 0 bridgehead atoms. The Bertz CT molecular complexity index is 361. The number of hydrogen-bond donors (Lipinski definition) is 2. The molecular weight excluding hydrogens is 324 g/mol. The maximum atomic E-state index is 11.1. The van der Waals surface area contributed by atoms with Gasteiger partial charge < -0.3 is 24.8 Å². The molecule has 0 aromatic rings. The highest BCUT2D eigenvalue weighted by Gasteiger charge is 1.96. The molecule has 0 fully saturated rings. The van der Waals surface area contributed by atoms with Crippen LogP contribution in [0.1, 0.15) is 26.7 Å². The van der Waals surface area contributed by atoms with Crippen molar-refractivity contribution in [3.8, 4) is 0 Å². The molecular formula is C18H32N2O5. The van der Waals surface area contributed by atoms with Crippen LogP contribution in [0.25, 0.3) is 0 Å². The highest BCUT2D eigenvalue weighted by atomic mass is 16.5. The summed E-state index contributed by atoms with van der Waals surface area (Å²) in [5.74, 6) is -0.156. The third-order valence-corrected chi connectivity index (χ3v) is 2.91. The van der Waals surface area contributed by atoms with Crippen LogP contribution in [0.4, 0.5) is 0 Å². The predicted octanol–water partition coefficient (Wildman–Crippen LogP) is 1.20. The number of allylic oxidation sites excluding steroid dienone is 2. The van der Waals surface area contributed by atoms with Crippen LogP contribution in [0.3, 0.4) is 0 Å². The van der Waals surface area contributed by atoms with Crippen LogP contribution in [0.2, 0.25) is 0 Å². The van der Waals surface area contributed by atoms with E-state index >= 15 is 0 Å². The Labute approximate surface area is 150 Å². The van der Waals surface area contributed by atoms with E-state index in [9.17, 15) is 9.59 Å². The van der Waals surface area contributed by atoms with Crippen LogP contribution in [-0.2, 0) is 23.8 Å². The standard InChI is InChI=1S/C18H32N2O5/c1-3-7-17(21)19-9-5-11-23-13-15-25-16-14-24-12-6-10-20-18(22)8-4-2/h3-4,7-8H,5-6,9-16H2,1-2H3,(H,19,21)(H,20,22). The first-order valence-corrected chi connectivity index (χ1v) is 8.75. The second-order valence-electron chi connectivity index (χ2n) is 5.13. The predicted molar refractivity (Wildman–Crippen MR) is 97.3 cm³/mol. The topological polar surface area (TPSA) is 85.9 Å². The number of nitrogens with one attached hydrogen (secondary N) is 2. The van der Waals surface area contributed by atoms with Crippen LogP contribution < -0.4 is 10.6 Å². The summed E-state index contributed by atoms with van der Waals surface area (Å²) in [7, 11) is 0. The summed E-state index contributed by atoms with van der Waals surface area (Å²) in [6.07, 6.45) is 7.95. The van der Waals surface area contributed by atoms with Crippen molar-refractivity contribution in [3.63, 3.8) is 0 Å². The maximum Gasteiger partial charge on any atom is 0.243 e. The van der Waals surface area contributed by atoms with E-state index in [0.717, 1.165) is 12.8 Å². The molecule has 0 aliphatic carbocycles. The largest absolute Gasteiger partial charge is 0.379 e. The van der Waals surface area contributed by atoms with Crippen molar-refractivity contribution in [1.29, 1.82) is 0 Å². The van der Waals surface area contributed by atoms with Gasteiger partial charge in [0.15, 0.2) is 0 Å². The molecule has 144 valence electrons. The SMILES string of the molecule is CC=CC(=O)NCCCOCCOCCOCCCNC(=O)C=CC. The van der Waals surface area contributed by atoms with E-state index in [1.807, 2.05) is 0 Å². The Morgan fingerprint density at radius 3 is 1.40 bits per heavy atom. The lowest BCUT2D eigenvalue weighted by molar-refractivity contribution is -0.117. The zero-order valence-electron chi connectivity index (χ0n) is 15.4. The molecule has 0 spiro atoms. The average molecular weight is 356 g/mol. The number of carbonyl (C=O) groups is 2. The van der Waals surface area contributed by atoms with Gasteiger partial charge in [0.2, 0.25) is 11.8 Å². The molecule has 0 rings (SSSR count). The summed E-state index contributed by atoms with van der Waals surface area (Å²) >= 11 is 0. The molecule has 0 unspecified atom stereocenters. The molecule has 2 amide bonds. The minimum atomic E-state index is -0.0778. The first-order valence-electron chi connectivity index (χ1n) is 8.75. The van der Waals surface area contributed by atoms with Crippen LogP contribution in [0.5, 0.6) is 0 Å². The Morgan fingerprint density at radius 2 is 1.04 bits per heavy atom. The highest BCUT2D eigenvalue weighted by molar-refractivity contribution is 5.87. The van der Waals surface area contributed by atoms with E-state index in [4.69, 9.17) is 14.2 Å². The molecule has 0 atom stereocenters. The first kappa shape index (κ1) is 23.3. The molecule has 7 heteroatoms. The lowest BCUT2D eigenvalue weighted by atomic mass is 10.4. The second-order valence-corrected chi connectivity index (χ2v) is 5.13. The van der Waals surface area contributed by atoms with Gasteiger partial charge in [0, 0.05) is 26.3 Å². The summed E-state index contributed by atoms with van der Waals surface area (Å²) in [6.45, 7) is 8.10. The molecule has 0 aliphatic heterocycles. The van der Waals surface area contributed by atoms with Gasteiger partial charge >= 0.3 is 0 Å². The summed E-state index contributed by atoms with van der Waals surface area (Å²) in [6, 6.07) is 0. The number of carbonyl (C=O) groups excluding carboxylic acids is 2.